The van der Waals surface area contributed by atoms with Gasteiger partial charge >= 0.3 is 11.9 Å². The third kappa shape index (κ3) is 2.20. The molecule has 0 heterocycles. The molecule has 0 saturated heterocycles. The van der Waals surface area contributed by atoms with Gasteiger partial charge in [-0.1, -0.05) is 6.42 Å². The predicted octanol–water partition coefficient (Wildman–Crippen LogP) is 1.67. The van der Waals surface area contributed by atoms with Gasteiger partial charge in [0.15, 0.2) is 0 Å². The topological polar surface area (TPSA) is 52.6 Å². The summed E-state index contributed by atoms with van der Waals surface area (Å²) in [5, 5.41) is 0. The van der Waals surface area contributed by atoms with E-state index in [0.29, 0.717) is 11.8 Å². The minimum atomic E-state index is -0.283. The molecule has 4 atom stereocenters. The van der Waals surface area contributed by atoms with Crippen molar-refractivity contribution < 1.29 is 19.1 Å². The molecule has 0 amide bonds. The van der Waals surface area contributed by atoms with Crippen molar-refractivity contribution in [3.05, 3.63) is 0 Å². The molecule has 0 radical (unpaired) electrons. The van der Waals surface area contributed by atoms with Gasteiger partial charge in [-0.05, 0) is 19.3 Å². The fourth-order valence-electron chi connectivity index (χ4n) is 3.11. The van der Waals surface area contributed by atoms with E-state index >= 15 is 0 Å². The summed E-state index contributed by atoms with van der Waals surface area (Å²) >= 11 is 0. The Balaban J connectivity index is 2.10. The first-order valence-electron chi connectivity index (χ1n) is 5.92. The van der Waals surface area contributed by atoms with Crippen molar-refractivity contribution >= 4 is 11.9 Å². The van der Waals surface area contributed by atoms with E-state index < -0.39 is 0 Å². The Hall–Kier alpha value is -1.06. The van der Waals surface area contributed by atoms with Gasteiger partial charge in [0, 0.05) is 25.7 Å². The van der Waals surface area contributed by atoms with E-state index in [4.69, 9.17) is 9.47 Å². The molecule has 2 aliphatic carbocycles. The van der Waals surface area contributed by atoms with Crippen LogP contribution in [0.1, 0.15) is 39.5 Å². The molecule has 2 bridgehead atoms. The van der Waals surface area contributed by atoms with Crippen molar-refractivity contribution in [2.45, 2.75) is 51.7 Å². The molecule has 2 fully saturated rings. The zero-order chi connectivity index (χ0) is 11.7. The first-order chi connectivity index (χ1) is 7.58. The van der Waals surface area contributed by atoms with Gasteiger partial charge in [0.05, 0.1) is 0 Å². The van der Waals surface area contributed by atoms with Gasteiger partial charge in [0.1, 0.15) is 12.2 Å². The molecule has 4 nitrogen and oxygen atoms in total. The molecule has 0 aliphatic heterocycles. The molecule has 2 saturated carbocycles. The Morgan fingerprint density at radius 3 is 1.75 bits per heavy atom. The largest absolute Gasteiger partial charge is 0.458 e. The summed E-state index contributed by atoms with van der Waals surface area (Å²) in [5.74, 6) is 0.198. The van der Waals surface area contributed by atoms with E-state index in [9.17, 15) is 9.59 Å². The molecule has 16 heavy (non-hydrogen) atoms. The van der Waals surface area contributed by atoms with Gasteiger partial charge in [-0.25, -0.2) is 0 Å². The summed E-state index contributed by atoms with van der Waals surface area (Å²) in [6, 6.07) is 0. The van der Waals surface area contributed by atoms with Gasteiger partial charge < -0.3 is 9.47 Å². The fourth-order valence-corrected chi connectivity index (χ4v) is 3.11. The van der Waals surface area contributed by atoms with E-state index in [2.05, 4.69) is 0 Å². The lowest BCUT2D eigenvalue weighted by Gasteiger charge is -2.23. The SMILES string of the molecule is CC(=O)OC1C2CCCC(C2)C1OC(C)=O. The Bertz CT molecular complexity index is 271. The summed E-state index contributed by atoms with van der Waals surface area (Å²) in [4.78, 5) is 22.1. The van der Waals surface area contributed by atoms with Gasteiger partial charge in [0.2, 0.25) is 0 Å². The van der Waals surface area contributed by atoms with Crippen LogP contribution in [0.5, 0.6) is 0 Å². The van der Waals surface area contributed by atoms with Crippen LogP contribution in [0.3, 0.4) is 0 Å². The summed E-state index contributed by atoms with van der Waals surface area (Å²) in [6.45, 7) is 2.82. The van der Waals surface area contributed by atoms with Crippen molar-refractivity contribution in [3.8, 4) is 0 Å². The average molecular weight is 226 g/mol. The van der Waals surface area contributed by atoms with Crippen molar-refractivity contribution in [2.75, 3.05) is 0 Å². The smallest absolute Gasteiger partial charge is 0.303 e. The lowest BCUT2D eigenvalue weighted by molar-refractivity contribution is -0.166. The molecule has 90 valence electrons. The van der Waals surface area contributed by atoms with Crippen LogP contribution in [0, 0.1) is 11.8 Å². The highest BCUT2D eigenvalue weighted by Gasteiger charge is 2.49. The summed E-state index contributed by atoms with van der Waals surface area (Å²) in [7, 11) is 0. The van der Waals surface area contributed by atoms with E-state index in [0.717, 1.165) is 25.7 Å². The third-order valence-electron chi connectivity index (χ3n) is 3.61. The number of esters is 2. The maximum Gasteiger partial charge on any atom is 0.303 e. The molecule has 0 spiro atoms. The second-order valence-corrected chi connectivity index (χ2v) is 4.83. The minimum Gasteiger partial charge on any atom is -0.458 e. The highest BCUT2D eigenvalue weighted by molar-refractivity contribution is 5.67. The number of hydrogen-bond donors (Lipinski definition) is 0. The number of carbonyl (C=O) groups excluding carboxylic acids is 2. The first-order valence-corrected chi connectivity index (χ1v) is 5.92. The molecule has 4 heteroatoms. The number of carbonyl (C=O) groups is 2. The Morgan fingerprint density at radius 2 is 1.38 bits per heavy atom. The van der Waals surface area contributed by atoms with Crippen LogP contribution in [0.15, 0.2) is 0 Å². The molecule has 4 unspecified atom stereocenters. The van der Waals surface area contributed by atoms with Crippen LogP contribution < -0.4 is 0 Å². The summed E-state index contributed by atoms with van der Waals surface area (Å²) in [5.41, 5.74) is 0. The quantitative estimate of drug-likeness (QED) is 0.672. The van der Waals surface area contributed by atoms with Crippen LogP contribution in [0.2, 0.25) is 0 Å². The van der Waals surface area contributed by atoms with E-state index in [1.54, 1.807) is 0 Å². The predicted molar refractivity (Wildman–Crippen MR) is 56.6 cm³/mol. The van der Waals surface area contributed by atoms with Gasteiger partial charge in [0.25, 0.3) is 0 Å². The Labute approximate surface area is 95.3 Å². The number of ether oxygens (including phenoxy) is 2. The lowest BCUT2D eigenvalue weighted by Crippen LogP contribution is -2.35. The second-order valence-electron chi connectivity index (χ2n) is 4.83. The second kappa shape index (κ2) is 4.44. The van der Waals surface area contributed by atoms with Crippen LogP contribution in [0.4, 0.5) is 0 Å². The molecular formula is C12H18O4. The van der Waals surface area contributed by atoms with Gasteiger partial charge in [-0.2, -0.15) is 0 Å². The van der Waals surface area contributed by atoms with Crippen LogP contribution >= 0.6 is 0 Å². The minimum absolute atomic E-state index is 0.214. The molecule has 0 aromatic carbocycles. The molecule has 0 N–H and O–H groups in total. The highest BCUT2D eigenvalue weighted by atomic mass is 16.6. The van der Waals surface area contributed by atoms with Crippen molar-refractivity contribution in [3.63, 3.8) is 0 Å². The van der Waals surface area contributed by atoms with E-state index in [-0.39, 0.29) is 24.1 Å². The van der Waals surface area contributed by atoms with Crippen LogP contribution in [-0.4, -0.2) is 24.1 Å². The zero-order valence-corrected chi connectivity index (χ0v) is 9.77. The van der Waals surface area contributed by atoms with E-state index in [1.165, 1.54) is 13.8 Å². The molecular weight excluding hydrogens is 208 g/mol. The van der Waals surface area contributed by atoms with Gasteiger partial charge in [-0.3, -0.25) is 9.59 Å². The summed E-state index contributed by atoms with van der Waals surface area (Å²) < 4.78 is 10.6. The molecule has 2 aliphatic rings. The first kappa shape index (κ1) is 11.4. The maximum absolute atomic E-state index is 11.1. The maximum atomic E-state index is 11.1. The molecule has 0 aromatic heterocycles. The fraction of sp³-hybridized carbons (Fsp3) is 0.833. The van der Waals surface area contributed by atoms with E-state index in [1.807, 2.05) is 0 Å². The van der Waals surface area contributed by atoms with Crippen LogP contribution in [-0.2, 0) is 19.1 Å². The number of rotatable bonds is 2. The van der Waals surface area contributed by atoms with Gasteiger partial charge in [-0.15, -0.1) is 0 Å². The standard InChI is InChI=1S/C12H18O4/c1-7(13)15-11-9-4-3-5-10(6-9)12(11)16-8(2)14/h9-12H,3-6H2,1-2H3. The Kier molecular flexibility index (Phi) is 3.17. The molecule has 2 rings (SSSR count). The molecule has 0 aromatic rings. The zero-order valence-electron chi connectivity index (χ0n) is 9.77. The van der Waals surface area contributed by atoms with Crippen molar-refractivity contribution in [2.24, 2.45) is 11.8 Å². The third-order valence-corrected chi connectivity index (χ3v) is 3.61. The summed E-state index contributed by atoms with van der Waals surface area (Å²) in [6.07, 6.45) is 3.89. The normalized spacial score (nSPS) is 36.9. The van der Waals surface area contributed by atoms with Crippen molar-refractivity contribution in [1.29, 1.82) is 0 Å². The lowest BCUT2D eigenvalue weighted by atomic mass is 9.89. The highest BCUT2D eigenvalue weighted by Crippen LogP contribution is 2.45. The van der Waals surface area contributed by atoms with Crippen molar-refractivity contribution in [1.82, 2.24) is 0 Å². The Morgan fingerprint density at radius 1 is 0.938 bits per heavy atom. The average Bonchev–Trinajstić information content (AvgIpc) is 2.41. The number of fused-ring (bicyclic) bond motifs is 2. The van der Waals surface area contributed by atoms with Crippen LogP contribution in [0.25, 0.3) is 0 Å². The number of hydrogen-bond acceptors (Lipinski definition) is 4. The monoisotopic (exact) mass is 226 g/mol.